The van der Waals surface area contributed by atoms with E-state index in [4.69, 9.17) is 4.74 Å². The highest BCUT2D eigenvalue weighted by Crippen LogP contribution is 2.40. The van der Waals surface area contributed by atoms with Crippen LogP contribution in [0.3, 0.4) is 0 Å². The van der Waals surface area contributed by atoms with Crippen LogP contribution in [0.2, 0.25) is 0 Å². The first kappa shape index (κ1) is 13.3. The summed E-state index contributed by atoms with van der Waals surface area (Å²) in [5.74, 6) is 3.54. The molecule has 2 heterocycles. The topological polar surface area (TPSA) is 21.3 Å². The van der Waals surface area contributed by atoms with Gasteiger partial charge in [-0.1, -0.05) is 13.0 Å². The van der Waals surface area contributed by atoms with Crippen molar-refractivity contribution in [1.29, 1.82) is 0 Å². The molecule has 0 amide bonds. The van der Waals surface area contributed by atoms with Crippen molar-refractivity contribution < 1.29 is 9.13 Å². The van der Waals surface area contributed by atoms with Crippen molar-refractivity contribution in [2.45, 2.75) is 31.9 Å². The van der Waals surface area contributed by atoms with Crippen LogP contribution in [0.1, 0.15) is 31.4 Å². The van der Waals surface area contributed by atoms with Gasteiger partial charge in [-0.05, 0) is 30.5 Å². The second-order valence-corrected chi connectivity index (χ2v) is 6.46. The first-order chi connectivity index (χ1) is 9.28. The zero-order chi connectivity index (χ0) is 13.2. The molecule has 2 aliphatic heterocycles. The summed E-state index contributed by atoms with van der Waals surface area (Å²) < 4.78 is 19.5. The number of halogens is 1. The lowest BCUT2D eigenvalue weighted by Crippen LogP contribution is -2.37. The Hall–Kier alpha value is -0.740. The monoisotopic (exact) mass is 281 g/mol. The normalized spacial score (nSPS) is 29.9. The van der Waals surface area contributed by atoms with E-state index in [1.165, 1.54) is 30.1 Å². The molecule has 1 aromatic rings. The van der Waals surface area contributed by atoms with Crippen LogP contribution in [-0.4, -0.2) is 24.2 Å². The van der Waals surface area contributed by atoms with E-state index in [0.29, 0.717) is 12.0 Å². The first-order valence-corrected chi connectivity index (χ1v) is 8.20. The second-order valence-electron chi connectivity index (χ2n) is 5.31. The van der Waals surface area contributed by atoms with Crippen LogP contribution in [0, 0.1) is 11.7 Å². The fourth-order valence-corrected chi connectivity index (χ4v) is 4.36. The molecule has 0 spiro atoms. The summed E-state index contributed by atoms with van der Waals surface area (Å²) in [6.07, 6.45) is 2.45. The van der Waals surface area contributed by atoms with Crippen LogP contribution in [0.15, 0.2) is 18.2 Å². The van der Waals surface area contributed by atoms with Crippen molar-refractivity contribution >= 4 is 11.8 Å². The third kappa shape index (κ3) is 2.75. The summed E-state index contributed by atoms with van der Waals surface area (Å²) in [5.41, 5.74) is 1.10. The van der Waals surface area contributed by atoms with Gasteiger partial charge in [-0.15, -0.1) is 0 Å². The molecule has 1 aromatic carbocycles. The van der Waals surface area contributed by atoms with E-state index < -0.39 is 0 Å². The maximum absolute atomic E-state index is 13.4. The molecule has 1 saturated heterocycles. The predicted octanol–water partition coefficient (Wildman–Crippen LogP) is 3.38. The molecule has 4 heteroatoms. The number of hydrogen-bond donors (Lipinski definition) is 1. The predicted molar refractivity (Wildman–Crippen MR) is 77.3 cm³/mol. The molecule has 1 fully saturated rings. The van der Waals surface area contributed by atoms with Crippen LogP contribution in [0.4, 0.5) is 4.39 Å². The van der Waals surface area contributed by atoms with Crippen LogP contribution in [-0.2, 0) is 0 Å². The third-order valence-electron chi connectivity index (χ3n) is 4.04. The molecular weight excluding hydrogens is 261 g/mol. The third-order valence-corrected chi connectivity index (χ3v) is 5.23. The minimum atomic E-state index is -0.213. The molecule has 3 atom stereocenters. The van der Waals surface area contributed by atoms with Gasteiger partial charge in [0.1, 0.15) is 17.7 Å². The first-order valence-electron chi connectivity index (χ1n) is 7.05. The standard InChI is InChI=1S/C15H20FNOS/c1-2-17-13-8-14(10-5-6-19-9-10)18-15-7-11(16)3-4-12(13)15/h3-4,7,10,13-14,17H,2,5-6,8-9H2,1H3. The Morgan fingerprint density at radius 2 is 2.37 bits per heavy atom. The van der Waals surface area contributed by atoms with Gasteiger partial charge in [0, 0.05) is 30.0 Å². The number of rotatable bonds is 3. The van der Waals surface area contributed by atoms with Crippen molar-refractivity contribution in [3.63, 3.8) is 0 Å². The largest absolute Gasteiger partial charge is 0.490 e. The molecule has 3 rings (SSSR count). The molecule has 0 saturated carbocycles. The van der Waals surface area contributed by atoms with E-state index in [-0.39, 0.29) is 11.9 Å². The maximum Gasteiger partial charge on any atom is 0.127 e. The zero-order valence-corrected chi connectivity index (χ0v) is 12.0. The van der Waals surface area contributed by atoms with Gasteiger partial charge in [0.05, 0.1) is 0 Å². The summed E-state index contributed by atoms with van der Waals surface area (Å²) in [6, 6.07) is 5.22. The van der Waals surface area contributed by atoms with E-state index in [2.05, 4.69) is 12.2 Å². The van der Waals surface area contributed by atoms with Gasteiger partial charge in [-0.3, -0.25) is 0 Å². The Morgan fingerprint density at radius 3 is 3.11 bits per heavy atom. The number of ether oxygens (including phenoxy) is 1. The molecule has 0 radical (unpaired) electrons. The fourth-order valence-electron chi connectivity index (χ4n) is 3.04. The minimum Gasteiger partial charge on any atom is -0.490 e. The molecule has 3 unspecified atom stereocenters. The molecule has 1 N–H and O–H groups in total. The number of fused-ring (bicyclic) bond motifs is 1. The lowest BCUT2D eigenvalue weighted by molar-refractivity contribution is 0.103. The summed E-state index contributed by atoms with van der Waals surface area (Å²) in [5, 5.41) is 3.50. The zero-order valence-electron chi connectivity index (χ0n) is 11.2. The van der Waals surface area contributed by atoms with Crippen molar-refractivity contribution in [1.82, 2.24) is 5.32 Å². The van der Waals surface area contributed by atoms with E-state index in [1.807, 2.05) is 17.8 Å². The lowest BCUT2D eigenvalue weighted by atomic mass is 9.89. The molecule has 0 bridgehead atoms. The van der Waals surface area contributed by atoms with E-state index in [9.17, 15) is 4.39 Å². The molecular formula is C15H20FNOS. The van der Waals surface area contributed by atoms with Crippen molar-refractivity contribution in [2.24, 2.45) is 5.92 Å². The highest BCUT2D eigenvalue weighted by atomic mass is 32.2. The number of benzene rings is 1. The summed E-state index contributed by atoms with van der Waals surface area (Å²) >= 11 is 2.00. The van der Waals surface area contributed by atoms with Gasteiger partial charge in [0.2, 0.25) is 0 Å². The Morgan fingerprint density at radius 1 is 1.47 bits per heavy atom. The van der Waals surface area contributed by atoms with Crippen molar-refractivity contribution in [3.8, 4) is 5.75 Å². The van der Waals surface area contributed by atoms with Gasteiger partial charge >= 0.3 is 0 Å². The fraction of sp³-hybridized carbons (Fsp3) is 0.600. The van der Waals surface area contributed by atoms with Gasteiger partial charge in [-0.2, -0.15) is 11.8 Å². The summed E-state index contributed by atoms with van der Waals surface area (Å²) in [4.78, 5) is 0. The Kier molecular flexibility index (Phi) is 3.99. The van der Waals surface area contributed by atoms with Crippen LogP contribution in [0.25, 0.3) is 0 Å². The van der Waals surface area contributed by atoms with Gasteiger partial charge in [0.15, 0.2) is 0 Å². The smallest absolute Gasteiger partial charge is 0.127 e. The molecule has 104 valence electrons. The quantitative estimate of drug-likeness (QED) is 0.917. The number of thioether (sulfide) groups is 1. The SMILES string of the molecule is CCNC1CC(C2CCSC2)Oc2cc(F)ccc21. The van der Waals surface area contributed by atoms with Crippen LogP contribution < -0.4 is 10.1 Å². The van der Waals surface area contributed by atoms with E-state index >= 15 is 0 Å². The Bertz CT molecular complexity index is 448. The summed E-state index contributed by atoms with van der Waals surface area (Å²) in [6.45, 7) is 3.03. The van der Waals surface area contributed by atoms with Gasteiger partial charge < -0.3 is 10.1 Å². The second kappa shape index (κ2) is 5.71. The van der Waals surface area contributed by atoms with Crippen LogP contribution >= 0.6 is 11.8 Å². The van der Waals surface area contributed by atoms with Gasteiger partial charge in [0.25, 0.3) is 0 Å². The molecule has 0 aromatic heterocycles. The van der Waals surface area contributed by atoms with E-state index in [0.717, 1.165) is 24.3 Å². The number of nitrogens with one attached hydrogen (secondary N) is 1. The summed E-state index contributed by atoms with van der Waals surface area (Å²) in [7, 11) is 0. The molecule has 2 nitrogen and oxygen atoms in total. The maximum atomic E-state index is 13.4. The van der Waals surface area contributed by atoms with Gasteiger partial charge in [-0.25, -0.2) is 4.39 Å². The van der Waals surface area contributed by atoms with Crippen molar-refractivity contribution in [2.75, 3.05) is 18.1 Å². The Balaban J connectivity index is 1.86. The van der Waals surface area contributed by atoms with Crippen LogP contribution in [0.5, 0.6) is 5.75 Å². The number of hydrogen-bond acceptors (Lipinski definition) is 3. The highest BCUT2D eigenvalue weighted by molar-refractivity contribution is 7.99. The molecule has 2 aliphatic rings. The molecule has 19 heavy (non-hydrogen) atoms. The Labute approximate surface area is 118 Å². The average Bonchev–Trinajstić information content (AvgIpc) is 2.92. The van der Waals surface area contributed by atoms with E-state index in [1.54, 1.807) is 0 Å². The molecule has 0 aliphatic carbocycles. The van der Waals surface area contributed by atoms with Crippen molar-refractivity contribution in [3.05, 3.63) is 29.6 Å². The minimum absolute atomic E-state index is 0.213. The highest BCUT2D eigenvalue weighted by Gasteiger charge is 2.34. The lowest BCUT2D eigenvalue weighted by Gasteiger charge is -2.35. The average molecular weight is 281 g/mol.